The van der Waals surface area contributed by atoms with Gasteiger partial charge in [-0.3, -0.25) is 4.99 Å². The normalized spacial score (nSPS) is 11.3. The Labute approximate surface area is 155 Å². The molecule has 6 heteroatoms. The maximum atomic E-state index is 5.55. The standard InChI is InChI=1S/C20H28N4O2/c1-15(2)26-19-10-9-16(13-23-19)14-24-20(21-3)22-12-11-17-7-5-6-8-18(17)25-4/h5-10,13,15H,11-12,14H2,1-4H3,(H2,21,22,24). The van der Waals surface area contributed by atoms with Crippen LogP contribution in [0.4, 0.5) is 0 Å². The molecule has 0 aliphatic carbocycles. The molecule has 0 aliphatic heterocycles. The molecule has 1 aromatic heterocycles. The zero-order valence-corrected chi connectivity index (χ0v) is 16.0. The van der Waals surface area contributed by atoms with Crippen LogP contribution in [0.1, 0.15) is 25.0 Å². The highest BCUT2D eigenvalue weighted by molar-refractivity contribution is 5.79. The van der Waals surface area contributed by atoms with E-state index in [0.717, 1.165) is 30.2 Å². The molecule has 0 aliphatic rings. The summed E-state index contributed by atoms with van der Waals surface area (Å²) in [6.45, 7) is 5.37. The SMILES string of the molecule is CN=C(NCCc1ccccc1OC)NCc1ccc(OC(C)C)nc1. The molecule has 2 N–H and O–H groups in total. The summed E-state index contributed by atoms with van der Waals surface area (Å²) in [6, 6.07) is 11.9. The molecule has 2 rings (SSSR count). The van der Waals surface area contributed by atoms with E-state index in [1.165, 1.54) is 5.56 Å². The van der Waals surface area contributed by atoms with Gasteiger partial charge in [0, 0.05) is 32.4 Å². The van der Waals surface area contributed by atoms with E-state index in [9.17, 15) is 0 Å². The van der Waals surface area contributed by atoms with Gasteiger partial charge in [-0.2, -0.15) is 0 Å². The van der Waals surface area contributed by atoms with Gasteiger partial charge in [-0.15, -0.1) is 0 Å². The van der Waals surface area contributed by atoms with Crippen molar-refractivity contribution in [2.24, 2.45) is 4.99 Å². The van der Waals surface area contributed by atoms with E-state index >= 15 is 0 Å². The predicted octanol–water partition coefficient (Wildman–Crippen LogP) is 2.79. The van der Waals surface area contributed by atoms with Crippen molar-refractivity contribution in [2.75, 3.05) is 20.7 Å². The minimum absolute atomic E-state index is 0.123. The molecular weight excluding hydrogens is 328 g/mol. The summed E-state index contributed by atoms with van der Waals surface area (Å²) in [6.07, 6.45) is 2.79. The maximum absolute atomic E-state index is 5.55. The number of ether oxygens (including phenoxy) is 2. The summed E-state index contributed by atoms with van der Waals surface area (Å²) in [4.78, 5) is 8.56. The molecule has 0 amide bonds. The smallest absolute Gasteiger partial charge is 0.213 e. The summed E-state index contributed by atoms with van der Waals surface area (Å²) in [5.41, 5.74) is 2.23. The van der Waals surface area contributed by atoms with Gasteiger partial charge in [0.2, 0.25) is 5.88 Å². The number of aliphatic imine (C=N–C) groups is 1. The first-order valence-electron chi connectivity index (χ1n) is 8.80. The summed E-state index contributed by atoms with van der Waals surface area (Å²) >= 11 is 0. The van der Waals surface area contributed by atoms with Gasteiger partial charge in [0.25, 0.3) is 0 Å². The third kappa shape index (κ3) is 6.27. The number of rotatable bonds is 8. The molecule has 2 aromatic rings. The number of hydrogen-bond acceptors (Lipinski definition) is 4. The monoisotopic (exact) mass is 356 g/mol. The van der Waals surface area contributed by atoms with Crippen LogP contribution in [-0.2, 0) is 13.0 Å². The molecule has 1 heterocycles. The van der Waals surface area contributed by atoms with Gasteiger partial charge in [0.05, 0.1) is 13.2 Å². The number of methoxy groups -OCH3 is 1. The van der Waals surface area contributed by atoms with Crippen LogP contribution in [0.25, 0.3) is 0 Å². The third-order valence-corrected chi connectivity index (χ3v) is 3.72. The molecule has 1 aromatic carbocycles. The van der Waals surface area contributed by atoms with E-state index in [2.05, 4.69) is 26.7 Å². The van der Waals surface area contributed by atoms with Crippen LogP contribution in [0.5, 0.6) is 11.6 Å². The lowest BCUT2D eigenvalue weighted by atomic mass is 10.1. The summed E-state index contributed by atoms with van der Waals surface area (Å²) in [7, 11) is 3.45. The van der Waals surface area contributed by atoms with Crippen LogP contribution in [0, 0.1) is 0 Å². The van der Waals surface area contributed by atoms with E-state index < -0.39 is 0 Å². The van der Waals surface area contributed by atoms with Crippen molar-refractivity contribution in [1.82, 2.24) is 15.6 Å². The first-order valence-corrected chi connectivity index (χ1v) is 8.80. The average Bonchev–Trinajstić information content (AvgIpc) is 2.65. The highest BCUT2D eigenvalue weighted by Crippen LogP contribution is 2.17. The van der Waals surface area contributed by atoms with E-state index in [1.54, 1.807) is 14.2 Å². The second-order valence-corrected chi connectivity index (χ2v) is 6.09. The quantitative estimate of drug-likeness (QED) is 0.562. The number of guanidine groups is 1. The Kier molecular flexibility index (Phi) is 7.74. The second kappa shape index (κ2) is 10.3. The van der Waals surface area contributed by atoms with E-state index in [0.29, 0.717) is 12.4 Å². The topological polar surface area (TPSA) is 67.8 Å². The summed E-state index contributed by atoms with van der Waals surface area (Å²) in [5.74, 6) is 2.30. The Hall–Kier alpha value is -2.76. The molecule has 0 saturated carbocycles. The molecule has 6 nitrogen and oxygen atoms in total. The van der Waals surface area contributed by atoms with Crippen molar-refractivity contribution in [3.63, 3.8) is 0 Å². The molecule has 26 heavy (non-hydrogen) atoms. The van der Waals surface area contributed by atoms with Crippen molar-refractivity contribution in [2.45, 2.75) is 32.9 Å². The molecule has 0 saturated heterocycles. The maximum Gasteiger partial charge on any atom is 0.213 e. The van der Waals surface area contributed by atoms with Crippen molar-refractivity contribution < 1.29 is 9.47 Å². The lowest BCUT2D eigenvalue weighted by molar-refractivity contribution is 0.232. The van der Waals surface area contributed by atoms with Crippen LogP contribution >= 0.6 is 0 Å². The molecule has 0 spiro atoms. The van der Waals surface area contributed by atoms with E-state index in [1.807, 2.05) is 50.4 Å². The Morgan fingerprint density at radius 3 is 2.62 bits per heavy atom. The molecule has 0 atom stereocenters. The number of nitrogens with zero attached hydrogens (tertiary/aromatic N) is 2. The fraction of sp³-hybridized carbons (Fsp3) is 0.400. The number of nitrogens with one attached hydrogen (secondary N) is 2. The van der Waals surface area contributed by atoms with Gasteiger partial charge in [0.1, 0.15) is 5.75 Å². The lowest BCUT2D eigenvalue weighted by Gasteiger charge is -2.13. The number of para-hydroxylation sites is 1. The third-order valence-electron chi connectivity index (χ3n) is 3.72. The minimum Gasteiger partial charge on any atom is -0.496 e. The summed E-state index contributed by atoms with van der Waals surface area (Å²) in [5, 5.41) is 6.60. The first-order chi connectivity index (χ1) is 12.6. The lowest BCUT2D eigenvalue weighted by Crippen LogP contribution is -2.37. The second-order valence-electron chi connectivity index (χ2n) is 6.09. The average molecular weight is 356 g/mol. The van der Waals surface area contributed by atoms with Crippen LogP contribution in [-0.4, -0.2) is 37.7 Å². The van der Waals surface area contributed by atoms with Crippen molar-refractivity contribution in [3.8, 4) is 11.6 Å². The first kappa shape index (κ1) is 19.6. The number of hydrogen-bond donors (Lipinski definition) is 2. The molecule has 0 radical (unpaired) electrons. The van der Waals surface area contributed by atoms with Gasteiger partial charge in [-0.1, -0.05) is 24.3 Å². The Morgan fingerprint density at radius 1 is 1.15 bits per heavy atom. The van der Waals surface area contributed by atoms with Gasteiger partial charge < -0.3 is 20.1 Å². The zero-order valence-electron chi connectivity index (χ0n) is 16.0. The predicted molar refractivity (Wildman–Crippen MR) is 105 cm³/mol. The highest BCUT2D eigenvalue weighted by Gasteiger charge is 2.04. The largest absolute Gasteiger partial charge is 0.496 e. The number of aromatic nitrogens is 1. The Balaban J connectivity index is 1.79. The molecular formula is C20H28N4O2. The Morgan fingerprint density at radius 2 is 1.96 bits per heavy atom. The van der Waals surface area contributed by atoms with Crippen LogP contribution in [0.2, 0.25) is 0 Å². The van der Waals surface area contributed by atoms with Gasteiger partial charge in [-0.05, 0) is 37.5 Å². The van der Waals surface area contributed by atoms with Gasteiger partial charge in [0.15, 0.2) is 5.96 Å². The van der Waals surface area contributed by atoms with Crippen molar-refractivity contribution in [3.05, 3.63) is 53.7 Å². The number of benzene rings is 1. The van der Waals surface area contributed by atoms with Gasteiger partial charge in [-0.25, -0.2) is 4.98 Å². The molecule has 140 valence electrons. The van der Waals surface area contributed by atoms with Gasteiger partial charge >= 0.3 is 0 Å². The minimum atomic E-state index is 0.123. The summed E-state index contributed by atoms with van der Waals surface area (Å²) < 4.78 is 10.9. The van der Waals surface area contributed by atoms with Crippen molar-refractivity contribution >= 4 is 5.96 Å². The van der Waals surface area contributed by atoms with Crippen LogP contribution < -0.4 is 20.1 Å². The van der Waals surface area contributed by atoms with Crippen molar-refractivity contribution in [1.29, 1.82) is 0 Å². The highest BCUT2D eigenvalue weighted by atomic mass is 16.5. The van der Waals surface area contributed by atoms with E-state index in [4.69, 9.17) is 9.47 Å². The van der Waals surface area contributed by atoms with E-state index in [-0.39, 0.29) is 6.10 Å². The molecule has 0 unspecified atom stereocenters. The fourth-order valence-electron chi connectivity index (χ4n) is 2.46. The van der Waals surface area contributed by atoms with Crippen LogP contribution in [0.3, 0.4) is 0 Å². The van der Waals surface area contributed by atoms with Crippen LogP contribution in [0.15, 0.2) is 47.6 Å². The molecule has 0 bridgehead atoms. The molecule has 0 fully saturated rings. The Bertz CT molecular complexity index is 699. The fourth-order valence-corrected chi connectivity index (χ4v) is 2.46. The number of pyridine rings is 1. The zero-order chi connectivity index (χ0) is 18.8.